The van der Waals surface area contributed by atoms with Gasteiger partial charge in [-0.05, 0) is 17.5 Å². The third-order valence-corrected chi connectivity index (χ3v) is 4.08. The second kappa shape index (κ2) is 6.79. The highest BCUT2D eigenvalue weighted by molar-refractivity contribution is 7.08. The molecule has 0 aliphatic carbocycles. The van der Waals surface area contributed by atoms with Gasteiger partial charge in [0.1, 0.15) is 18.5 Å². The maximum Gasteiger partial charge on any atom is 0.232 e. The van der Waals surface area contributed by atoms with Gasteiger partial charge in [0.05, 0.1) is 12.3 Å². The van der Waals surface area contributed by atoms with E-state index in [2.05, 4.69) is 35.6 Å². The van der Waals surface area contributed by atoms with Crippen LogP contribution >= 0.6 is 11.3 Å². The molecule has 0 aromatic carbocycles. The lowest BCUT2D eigenvalue weighted by Gasteiger charge is -2.09. The van der Waals surface area contributed by atoms with Crippen LogP contribution in [-0.4, -0.2) is 47.7 Å². The van der Waals surface area contributed by atoms with Gasteiger partial charge in [-0.15, -0.1) is 0 Å². The second-order valence-electron chi connectivity index (χ2n) is 5.03. The number of anilines is 3. The summed E-state index contributed by atoms with van der Waals surface area (Å²) >= 11 is 1.60. The molecule has 10 heteroatoms. The van der Waals surface area contributed by atoms with Crippen LogP contribution in [0.15, 0.2) is 41.7 Å². The second-order valence-corrected chi connectivity index (χ2v) is 5.81. The molecule has 0 saturated heterocycles. The fraction of sp³-hybridized carbons (Fsp3) is 0.133. The van der Waals surface area contributed by atoms with Crippen LogP contribution in [0.5, 0.6) is 0 Å². The number of hydrogen-bond acceptors (Lipinski definition) is 9. The molecule has 4 aromatic heterocycles. The maximum absolute atomic E-state index is 9.10. The van der Waals surface area contributed by atoms with E-state index in [-0.39, 0.29) is 6.61 Å². The molecule has 0 bridgehead atoms. The number of nitrogens with zero attached hydrogens (tertiary/aromatic N) is 6. The minimum atomic E-state index is -0.00852. The molecule has 0 radical (unpaired) electrons. The normalized spacial score (nSPS) is 10.9. The molecule has 4 rings (SSSR count). The Morgan fingerprint density at radius 2 is 2.16 bits per heavy atom. The van der Waals surface area contributed by atoms with Gasteiger partial charge in [0.25, 0.3) is 0 Å². The largest absolute Gasteiger partial charge is 0.395 e. The van der Waals surface area contributed by atoms with Crippen molar-refractivity contribution in [2.75, 3.05) is 23.8 Å². The van der Waals surface area contributed by atoms with Crippen LogP contribution in [0, 0.1) is 0 Å². The molecule has 3 N–H and O–H groups in total. The summed E-state index contributed by atoms with van der Waals surface area (Å²) in [7, 11) is 0. The number of aliphatic hydroxyl groups is 1. The van der Waals surface area contributed by atoms with Crippen LogP contribution in [0.2, 0.25) is 0 Å². The van der Waals surface area contributed by atoms with E-state index in [4.69, 9.17) is 5.11 Å². The van der Waals surface area contributed by atoms with E-state index >= 15 is 0 Å². The Morgan fingerprint density at radius 1 is 1.20 bits per heavy atom. The fourth-order valence-corrected chi connectivity index (χ4v) is 2.94. The highest BCUT2D eigenvalue weighted by Gasteiger charge is 2.14. The van der Waals surface area contributed by atoms with E-state index in [0.29, 0.717) is 35.3 Å². The Labute approximate surface area is 146 Å². The van der Waals surface area contributed by atoms with Crippen LogP contribution in [0.4, 0.5) is 17.6 Å². The van der Waals surface area contributed by atoms with Crippen molar-refractivity contribution in [1.82, 2.24) is 29.5 Å². The Kier molecular flexibility index (Phi) is 4.19. The Balaban J connectivity index is 1.81. The molecule has 0 atom stereocenters. The number of hydrogen-bond donors (Lipinski definition) is 3. The van der Waals surface area contributed by atoms with Gasteiger partial charge < -0.3 is 15.7 Å². The van der Waals surface area contributed by atoms with Crippen molar-refractivity contribution in [3.8, 4) is 5.69 Å². The Morgan fingerprint density at radius 3 is 2.92 bits per heavy atom. The zero-order valence-electron chi connectivity index (χ0n) is 13.0. The molecule has 4 heterocycles. The molecule has 0 aliphatic rings. The molecule has 0 fully saturated rings. The lowest BCUT2D eigenvalue weighted by Crippen LogP contribution is -2.10. The SMILES string of the molecule is OCCNc1nc(Nc2ccncn2)nc2c1ncn2-c1ccsc1. The standard InChI is InChI=1S/C15H14N8OS/c24-5-4-17-13-12-14(23(9-19-12)10-2-6-25-7-10)22-15(21-13)20-11-1-3-16-8-18-11/h1-3,6-9,24H,4-5H2,(H2,16,17,18,20,21,22). The lowest BCUT2D eigenvalue weighted by molar-refractivity contribution is 0.311. The molecule has 0 amide bonds. The first-order valence-electron chi connectivity index (χ1n) is 7.50. The first-order valence-corrected chi connectivity index (χ1v) is 8.45. The maximum atomic E-state index is 9.10. The van der Waals surface area contributed by atoms with Gasteiger partial charge in [0, 0.05) is 18.1 Å². The molecule has 25 heavy (non-hydrogen) atoms. The summed E-state index contributed by atoms with van der Waals surface area (Å²) in [5.74, 6) is 1.51. The number of imidazole rings is 1. The molecule has 9 nitrogen and oxygen atoms in total. The first-order chi connectivity index (χ1) is 12.3. The van der Waals surface area contributed by atoms with Crippen molar-refractivity contribution in [2.24, 2.45) is 0 Å². The molecule has 0 unspecified atom stereocenters. The zero-order chi connectivity index (χ0) is 17.1. The molecule has 126 valence electrons. The molecule has 0 aliphatic heterocycles. The Bertz CT molecular complexity index is 970. The van der Waals surface area contributed by atoms with E-state index < -0.39 is 0 Å². The summed E-state index contributed by atoms with van der Waals surface area (Å²) in [4.78, 5) is 21.5. The average molecular weight is 354 g/mol. The summed E-state index contributed by atoms with van der Waals surface area (Å²) < 4.78 is 1.89. The van der Waals surface area contributed by atoms with Crippen molar-refractivity contribution >= 4 is 40.1 Å². The van der Waals surface area contributed by atoms with E-state index in [0.717, 1.165) is 5.69 Å². The van der Waals surface area contributed by atoms with E-state index in [9.17, 15) is 0 Å². The van der Waals surface area contributed by atoms with Crippen LogP contribution in [0.1, 0.15) is 0 Å². The summed E-state index contributed by atoms with van der Waals surface area (Å²) in [5, 5.41) is 19.2. The molecule has 0 spiro atoms. The highest BCUT2D eigenvalue weighted by Crippen LogP contribution is 2.25. The number of rotatable bonds is 6. The molecular formula is C15H14N8OS. The lowest BCUT2D eigenvalue weighted by atomic mass is 10.4. The number of aromatic nitrogens is 6. The van der Waals surface area contributed by atoms with E-state index in [1.165, 1.54) is 6.33 Å². The van der Waals surface area contributed by atoms with Gasteiger partial charge in [0.15, 0.2) is 17.0 Å². The number of fused-ring (bicyclic) bond motifs is 1. The summed E-state index contributed by atoms with van der Waals surface area (Å²) in [6, 6.07) is 3.72. The number of nitrogens with one attached hydrogen (secondary N) is 2. The van der Waals surface area contributed by atoms with Crippen LogP contribution < -0.4 is 10.6 Å². The summed E-state index contributed by atoms with van der Waals surface area (Å²) in [5.41, 5.74) is 2.27. The average Bonchev–Trinajstić information content (AvgIpc) is 3.29. The predicted molar refractivity (Wildman–Crippen MR) is 95.4 cm³/mol. The van der Waals surface area contributed by atoms with Crippen LogP contribution in [-0.2, 0) is 0 Å². The minimum Gasteiger partial charge on any atom is -0.395 e. The predicted octanol–water partition coefficient (Wildman–Crippen LogP) is 1.81. The van der Waals surface area contributed by atoms with Gasteiger partial charge in [-0.1, -0.05) is 0 Å². The van der Waals surface area contributed by atoms with Gasteiger partial charge in [-0.25, -0.2) is 15.0 Å². The van der Waals surface area contributed by atoms with Crippen molar-refractivity contribution < 1.29 is 5.11 Å². The molecular weight excluding hydrogens is 340 g/mol. The topological polar surface area (TPSA) is 114 Å². The molecule has 0 saturated carbocycles. The van der Waals surface area contributed by atoms with Gasteiger partial charge >= 0.3 is 0 Å². The first kappa shape index (κ1) is 15.4. The minimum absolute atomic E-state index is 0.00852. The molecule has 4 aromatic rings. The quantitative estimate of drug-likeness (QED) is 0.480. The van der Waals surface area contributed by atoms with Crippen LogP contribution in [0.3, 0.4) is 0 Å². The van der Waals surface area contributed by atoms with E-state index in [1.807, 2.05) is 21.4 Å². The summed E-state index contributed by atoms with van der Waals surface area (Å²) in [6.45, 7) is 0.357. The smallest absolute Gasteiger partial charge is 0.232 e. The highest BCUT2D eigenvalue weighted by atomic mass is 32.1. The number of aliphatic hydroxyl groups excluding tert-OH is 1. The number of thiophene rings is 1. The van der Waals surface area contributed by atoms with Crippen molar-refractivity contribution in [2.45, 2.75) is 0 Å². The van der Waals surface area contributed by atoms with Crippen LogP contribution in [0.25, 0.3) is 16.9 Å². The van der Waals surface area contributed by atoms with Crippen molar-refractivity contribution in [3.05, 3.63) is 41.7 Å². The monoisotopic (exact) mass is 354 g/mol. The third-order valence-electron chi connectivity index (χ3n) is 3.41. The summed E-state index contributed by atoms with van der Waals surface area (Å²) in [6.07, 6.45) is 4.79. The van der Waals surface area contributed by atoms with Gasteiger partial charge in [0.2, 0.25) is 5.95 Å². The third kappa shape index (κ3) is 3.12. The van der Waals surface area contributed by atoms with Crippen molar-refractivity contribution in [3.63, 3.8) is 0 Å². The van der Waals surface area contributed by atoms with Crippen molar-refractivity contribution in [1.29, 1.82) is 0 Å². The Hall–Kier alpha value is -3.11. The van der Waals surface area contributed by atoms with Gasteiger partial charge in [-0.3, -0.25) is 4.57 Å². The fourth-order valence-electron chi connectivity index (χ4n) is 2.32. The van der Waals surface area contributed by atoms with E-state index in [1.54, 1.807) is 29.9 Å². The van der Waals surface area contributed by atoms with Gasteiger partial charge in [-0.2, -0.15) is 21.3 Å². The zero-order valence-corrected chi connectivity index (χ0v) is 13.8.